The maximum absolute atomic E-state index is 8.96. The minimum absolute atomic E-state index is 0.0716. The van der Waals surface area contributed by atoms with Crippen LogP contribution in [0.15, 0.2) is 18.2 Å². The minimum atomic E-state index is 0.0716. The number of aromatic hydroxyl groups is 1. The van der Waals surface area contributed by atoms with Crippen LogP contribution in [0.3, 0.4) is 0 Å². The van der Waals surface area contributed by atoms with Crippen molar-refractivity contribution < 1.29 is 9.84 Å². The summed E-state index contributed by atoms with van der Waals surface area (Å²) >= 11 is 0. The van der Waals surface area contributed by atoms with E-state index in [0.29, 0.717) is 11.3 Å². The quantitative estimate of drug-likeness (QED) is 0.654. The fraction of sp³-hybridized carbons (Fsp3) is 0.125. The molecule has 0 atom stereocenters. The standard InChI is InChI=1S/C8H7NO2/c1-11-8-3-2-7(10)4-6(8)5-9/h2-4,10H,1H3. The zero-order valence-electron chi connectivity index (χ0n) is 6.03. The third-order valence-corrected chi connectivity index (χ3v) is 1.30. The summed E-state index contributed by atoms with van der Waals surface area (Å²) < 4.78 is 4.86. The highest BCUT2D eigenvalue weighted by molar-refractivity contribution is 5.46. The molecule has 11 heavy (non-hydrogen) atoms. The SMILES string of the molecule is COc1ccc(O)cc1C#N. The fourth-order valence-corrected chi connectivity index (χ4v) is 0.783. The van der Waals surface area contributed by atoms with Gasteiger partial charge in [-0.2, -0.15) is 5.26 Å². The molecule has 0 heterocycles. The highest BCUT2D eigenvalue weighted by atomic mass is 16.5. The Morgan fingerprint density at radius 2 is 2.27 bits per heavy atom. The van der Waals surface area contributed by atoms with Crippen molar-refractivity contribution in [3.63, 3.8) is 0 Å². The van der Waals surface area contributed by atoms with Gasteiger partial charge in [-0.25, -0.2) is 0 Å². The number of hydrogen-bond acceptors (Lipinski definition) is 3. The number of hydrogen-bond donors (Lipinski definition) is 1. The molecule has 3 nitrogen and oxygen atoms in total. The van der Waals surface area contributed by atoms with Crippen molar-refractivity contribution in [3.05, 3.63) is 23.8 Å². The van der Waals surface area contributed by atoms with Crippen LogP contribution in [0.25, 0.3) is 0 Å². The summed E-state index contributed by atoms with van der Waals surface area (Å²) in [4.78, 5) is 0. The molecule has 0 saturated heterocycles. The largest absolute Gasteiger partial charge is 0.508 e. The Bertz CT molecular complexity index is 301. The monoisotopic (exact) mass is 149 g/mol. The lowest BCUT2D eigenvalue weighted by atomic mass is 10.2. The molecule has 0 bridgehead atoms. The first kappa shape index (κ1) is 7.42. The summed E-state index contributed by atoms with van der Waals surface area (Å²) in [6.07, 6.45) is 0. The van der Waals surface area contributed by atoms with E-state index in [1.54, 1.807) is 6.07 Å². The highest BCUT2D eigenvalue weighted by Gasteiger charge is 2.01. The molecule has 0 fully saturated rings. The number of phenols is 1. The van der Waals surface area contributed by atoms with E-state index in [9.17, 15) is 0 Å². The Kier molecular flexibility index (Phi) is 1.98. The maximum atomic E-state index is 8.96. The summed E-state index contributed by atoms with van der Waals surface area (Å²) in [5, 5.41) is 17.5. The molecule has 1 aromatic rings. The van der Waals surface area contributed by atoms with E-state index in [4.69, 9.17) is 15.1 Å². The first-order valence-electron chi connectivity index (χ1n) is 3.05. The van der Waals surface area contributed by atoms with Crippen LogP contribution in [0.4, 0.5) is 0 Å². The number of methoxy groups -OCH3 is 1. The lowest BCUT2D eigenvalue weighted by molar-refractivity contribution is 0.411. The van der Waals surface area contributed by atoms with Crippen molar-refractivity contribution >= 4 is 0 Å². The van der Waals surface area contributed by atoms with Crippen molar-refractivity contribution in [2.45, 2.75) is 0 Å². The Morgan fingerprint density at radius 3 is 2.82 bits per heavy atom. The molecule has 0 unspecified atom stereocenters. The third kappa shape index (κ3) is 1.41. The molecule has 1 N–H and O–H groups in total. The van der Waals surface area contributed by atoms with E-state index >= 15 is 0 Å². The van der Waals surface area contributed by atoms with E-state index < -0.39 is 0 Å². The van der Waals surface area contributed by atoms with Crippen LogP contribution in [0.1, 0.15) is 5.56 Å². The third-order valence-electron chi connectivity index (χ3n) is 1.30. The number of ether oxygens (including phenoxy) is 1. The van der Waals surface area contributed by atoms with Crippen molar-refractivity contribution in [3.8, 4) is 17.6 Å². The van der Waals surface area contributed by atoms with Gasteiger partial charge in [0.2, 0.25) is 0 Å². The molecule has 0 aromatic heterocycles. The first-order valence-corrected chi connectivity index (χ1v) is 3.05. The van der Waals surface area contributed by atoms with Crippen molar-refractivity contribution in [1.29, 1.82) is 5.26 Å². The zero-order valence-corrected chi connectivity index (χ0v) is 6.03. The Balaban J connectivity index is 3.19. The Morgan fingerprint density at radius 1 is 1.55 bits per heavy atom. The van der Waals surface area contributed by atoms with Gasteiger partial charge in [0.25, 0.3) is 0 Å². The Hall–Kier alpha value is -1.69. The van der Waals surface area contributed by atoms with Gasteiger partial charge in [-0.15, -0.1) is 0 Å². The second-order valence-electron chi connectivity index (χ2n) is 2.00. The second-order valence-corrected chi connectivity index (χ2v) is 2.00. The average molecular weight is 149 g/mol. The number of nitrogens with zero attached hydrogens (tertiary/aromatic N) is 1. The normalized spacial score (nSPS) is 8.73. The van der Waals surface area contributed by atoms with Gasteiger partial charge < -0.3 is 9.84 Å². The van der Waals surface area contributed by atoms with Crippen molar-refractivity contribution in [2.75, 3.05) is 7.11 Å². The van der Waals surface area contributed by atoms with Gasteiger partial charge in [-0.1, -0.05) is 0 Å². The number of nitriles is 1. The molecular formula is C8H7NO2. The molecular weight excluding hydrogens is 142 g/mol. The fourth-order valence-electron chi connectivity index (χ4n) is 0.783. The van der Waals surface area contributed by atoms with Crippen LogP contribution in [0.2, 0.25) is 0 Å². The predicted octanol–water partition coefficient (Wildman–Crippen LogP) is 1.27. The highest BCUT2D eigenvalue weighted by Crippen LogP contribution is 2.21. The maximum Gasteiger partial charge on any atom is 0.136 e. The molecule has 0 spiro atoms. The predicted molar refractivity (Wildman–Crippen MR) is 39.4 cm³/mol. The molecule has 0 aliphatic carbocycles. The molecule has 1 aromatic carbocycles. The summed E-state index contributed by atoms with van der Waals surface area (Å²) in [7, 11) is 1.48. The van der Waals surface area contributed by atoms with E-state index in [-0.39, 0.29) is 5.75 Å². The van der Waals surface area contributed by atoms with Crippen molar-refractivity contribution in [2.24, 2.45) is 0 Å². The molecule has 0 amide bonds. The molecule has 3 heteroatoms. The topological polar surface area (TPSA) is 53.2 Å². The van der Waals surface area contributed by atoms with E-state index in [1.807, 2.05) is 6.07 Å². The van der Waals surface area contributed by atoms with Gasteiger partial charge >= 0.3 is 0 Å². The van der Waals surface area contributed by atoms with Gasteiger partial charge in [0.1, 0.15) is 17.6 Å². The van der Waals surface area contributed by atoms with Crippen LogP contribution < -0.4 is 4.74 Å². The lowest BCUT2D eigenvalue weighted by Gasteiger charge is -2.00. The molecule has 56 valence electrons. The zero-order chi connectivity index (χ0) is 8.27. The molecule has 0 aliphatic rings. The van der Waals surface area contributed by atoms with Gasteiger partial charge in [-0.05, 0) is 12.1 Å². The van der Waals surface area contributed by atoms with E-state index in [2.05, 4.69) is 0 Å². The average Bonchev–Trinajstić information content (AvgIpc) is 2.04. The number of rotatable bonds is 1. The molecule has 0 radical (unpaired) electrons. The number of phenolic OH excluding ortho intramolecular Hbond substituents is 1. The summed E-state index contributed by atoms with van der Waals surface area (Å²) in [6.45, 7) is 0. The second kappa shape index (κ2) is 2.93. The van der Waals surface area contributed by atoms with Gasteiger partial charge in [-0.3, -0.25) is 0 Å². The molecule has 0 aliphatic heterocycles. The van der Waals surface area contributed by atoms with E-state index in [1.165, 1.54) is 19.2 Å². The summed E-state index contributed by atoms with van der Waals surface area (Å²) in [5.74, 6) is 0.549. The van der Waals surface area contributed by atoms with Gasteiger partial charge in [0.15, 0.2) is 0 Å². The summed E-state index contributed by atoms with van der Waals surface area (Å²) in [6, 6.07) is 6.28. The van der Waals surface area contributed by atoms with Crippen LogP contribution in [0.5, 0.6) is 11.5 Å². The van der Waals surface area contributed by atoms with Gasteiger partial charge in [0.05, 0.1) is 12.7 Å². The number of benzene rings is 1. The first-order chi connectivity index (χ1) is 5.27. The van der Waals surface area contributed by atoms with Crippen LogP contribution in [0, 0.1) is 11.3 Å². The summed E-state index contributed by atoms with van der Waals surface area (Å²) in [5.41, 5.74) is 0.340. The Labute approximate surface area is 64.5 Å². The van der Waals surface area contributed by atoms with Gasteiger partial charge in [0, 0.05) is 6.07 Å². The van der Waals surface area contributed by atoms with Crippen LogP contribution in [-0.4, -0.2) is 12.2 Å². The van der Waals surface area contributed by atoms with Crippen LogP contribution in [-0.2, 0) is 0 Å². The van der Waals surface area contributed by atoms with Crippen LogP contribution >= 0.6 is 0 Å². The smallest absolute Gasteiger partial charge is 0.136 e. The molecule has 1 rings (SSSR count). The minimum Gasteiger partial charge on any atom is -0.508 e. The van der Waals surface area contributed by atoms with E-state index in [0.717, 1.165) is 0 Å². The lowest BCUT2D eigenvalue weighted by Crippen LogP contribution is -1.86. The van der Waals surface area contributed by atoms with Crippen molar-refractivity contribution in [1.82, 2.24) is 0 Å². The molecule has 0 saturated carbocycles.